The van der Waals surface area contributed by atoms with E-state index >= 15 is 0 Å². The topological polar surface area (TPSA) is 75.7 Å². The minimum absolute atomic E-state index is 0.117. The molecule has 1 amide bonds. The van der Waals surface area contributed by atoms with Gasteiger partial charge in [-0.25, -0.2) is 13.1 Å². The van der Waals surface area contributed by atoms with E-state index in [0.29, 0.717) is 27.5 Å². The third-order valence-electron chi connectivity index (χ3n) is 4.69. The molecule has 2 aromatic carbocycles. The smallest absolute Gasteiger partial charge is 0.241 e. The van der Waals surface area contributed by atoms with Crippen molar-refractivity contribution in [3.63, 3.8) is 0 Å². The van der Waals surface area contributed by atoms with Gasteiger partial charge in [-0.3, -0.25) is 4.79 Å². The number of hydrogen-bond acceptors (Lipinski definition) is 4. The minimum atomic E-state index is -3.72. The molecule has 0 radical (unpaired) electrons. The van der Waals surface area contributed by atoms with Crippen LogP contribution in [0.1, 0.15) is 23.1 Å². The molecule has 27 heavy (non-hydrogen) atoms. The fourth-order valence-electron chi connectivity index (χ4n) is 3.68. The first-order valence-electron chi connectivity index (χ1n) is 8.76. The number of hydrogen-bond donors (Lipinski definition) is 1. The number of ether oxygens (including phenoxy) is 1. The first-order chi connectivity index (χ1) is 12.7. The maximum Gasteiger partial charge on any atom is 0.241 e. The zero-order chi connectivity index (χ0) is 19.8. The van der Waals surface area contributed by atoms with E-state index in [1.807, 2.05) is 25.1 Å². The van der Waals surface area contributed by atoms with Crippen molar-refractivity contribution in [2.75, 3.05) is 18.6 Å². The Hall–Kier alpha value is -2.38. The van der Waals surface area contributed by atoms with Gasteiger partial charge in [0.1, 0.15) is 5.75 Å². The van der Waals surface area contributed by atoms with Gasteiger partial charge in [0.2, 0.25) is 15.9 Å². The van der Waals surface area contributed by atoms with Crippen LogP contribution in [0.5, 0.6) is 5.75 Å². The number of amides is 1. The van der Waals surface area contributed by atoms with Crippen LogP contribution in [0.15, 0.2) is 41.3 Å². The van der Waals surface area contributed by atoms with Crippen LogP contribution in [0, 0.1) is 20.8 Å². The lowest BCUT2D eigenvalue weighted by Crippen LogP contribution is -2.37. The Bertz CT molecular complexity index is 962. The number of carbonyl (C=O) groups excluding carboxylic acids is 1. The number of methoxy groups -OCH3 is 1. The predicted molar refractivity (Wildman–Crippen MR) is 105 cm³/mol. The van der Waals surface area contributed by atoms with Crippen molar-refractivity contribution in [1.82, 2.24) is 4.72 Å². The summed E-state index contributed by atoms with van der Waals surface area (Å²) in [6, 6.07) is 10.4. The van der Waals surface area contributed by atoms with Crippen LogP contribution in [0.2, 0.25) is 0 Å². The highest BCUT2D eigenvalue weighted by atomic mass is 32.2. The summed E-state index contributed by atoms with van der Waals surface area (Å²) in [5.74, 6) is 0.531. The number of sulfonamides is 1. The van der Waals surface area contributed by atoms with Gasteiger partial charge in [0.15, 0.2) is 0 Å². The van der Waals surface area contributed by atoms with Crippen LogP contribution in [-0.2, 0) is 14.8 Å². The average Bonchev–Trinajstić information content (AvgIpc) is 2.93. The van der Waals surface area contributed by atoms with Crippen molar-refractivity contribution in [3.8, 4) is 5.75 Å². The van der Waals surface area contributed by atoms with Crippen molar-refractivity contribution in [2.45, 2.75) is 38.1 Å². The molecular formula is C20H24N2O4S. The van der Waals surface area contributed by atoms with Gasteiger partial charge in [-0.05, 0) is 44.0 Å². The van der Waals surface area contributed by atoms with Crippen molar-refractivity contribution < 1.29 is 17.9 Å². The minimum Gasteiger partial charge on any atom is -0.497 e. The fourth-order valence-corrected chi connectivity index (χ4v) is 5.36. The summed E-state index contributed by atoms with van der Waals surface area (Å²) >= 11 is 0. The van der Waals surface area contributed by atoms with E-state index in [1.165, 1.54) is 0 Å². The van der Waals surface area contributed by atoms with Crippen molar-refractivity contribution in [2.24, 2.45) is 0 Å². The standard InChI is InChI=1S/C20H24N2O4S/c1-13-8-14(2)20(15(3)9-13)27(24,25)21-16-10-19(23)22(12-16)17-6-5-7-18(11-17)26-4/h5-9,11,16,21H,10,12H2,1-4H3/t16-/m1/s1. The molecule has 1 N–H and O–H groups in total. The first kappa shape index (κ1) is 19.4. The van der Waals surface area contributed by atoms with E-state index < -0.39 is 16.1 Å². The van der Waals surface area contributed by atoms with Gasteiger partial charge in [0, 0.05) is 30.8 Å². The van der Waals surface area contributed by atoms with Crippen LogP contribution in [0.3, 0.4) is 0 Å². The second kappa shape index (κ2) is 7.32. The average molecular weight is 388 g/mol. The van der Waals surface area contributed by atoms with Crippen LogP contribution in [0.25, 0.3) is 0 Å². The number of nitrogens with zero attached hydrogens (tertiary/aromatic N) is 1. The normalized spacial score (nSPS) is 17.4. The van der Waals surface area contributed by atoms with E-state index in [4.69, 9.17) is 4.74 Å². The van der Waals surface area contributed by atoms with Crippen LogP contribution in [0.4, 0.5) is 5.69 Å². The largest absolute Gasteiger partial charge is 0.497 e. The molecule has 1 aliphatic heterocycles. The molecule has 1 fully saturated rings. The Kier molecular flexibility index (Phi) is 5.26. The molecule has 6 nitrogen and oxygen atoms in total. The van der Waals surface area contributed by atoms with Gasteiger partial charge in [-0.15, -0.1) is 0 Å². The lowest BCUT2D eigenvalue weighted by molar-refractivity contribution is -0.117. The molecule has 0 bridgehead atoms. The van der Waals surface area contributed by atoms with Gasteiger partial charge >= 0.3 is 0 Å². The monoisotopic (exact) mass is 388 g/mol. The van der Waals surface area contributed by atoms with E-state index in [0.717, 1.165) is 5.56 Å². The molecule has 0 saturated carbocycles. The molecule has 1 saturated heterocycles. The lowest BCUT2D eigenvalue weighted by atomic mass is 10.1. The highest BCUT2D eigenvalue weighted by Crippen LogP contribution is 2.27. The summed E-state index contributed by atoms with van der Waals surface area (Å²) in [6.07, 6.45) is 0.125. The highest BCUT2D eigenvalue weighted by molar-refractivity contribution is 7.89. The molecule has 2 aromatic rings. The maximum absolute atomic E-state index is 12.9. The molecule has 0 spiro atoms. The number of anilines is 1. The summed E-state index contributed by atoms with van der Waals surface area (Å²) in [7, 11) is -2.15. The first-order valence-corrected chi connectivity index (χ1v) is 10.2. The molecule has 144 valence electrons. The maximum atomic E-state index is 12.9. The Morgan fingerprint density at radius 1 is 1.11 bits per heavy atom. The Morgan fingerprint density at radius 2 is 1.78 bits per heavy atom. The van der Waals surface area contributed by atoms with E-state index in [9.17, 15) is 13.2 Å². The molecule has 1 atom stereocenters. The summed E-state index contributed by atoms with van der Waals surface area (Å²) in [5.41, 5.74) is 3.12. The molecule has 1 heterocycles. The number of benzene rings is 2. The summed E-state index contributed by atoms with van der Waals surface area (Å²) in [5, 5.41) is 0. The number of aryl methyl sites for hydroxylation is 3. The van der Waals surface area contributed by atoms with E-state index in [-0.39, 0.29) is 18.9 Å². The summed E-state index contributed by atoms with van der Waals surface area (Å²) in [4.78, 5) is 14.3. The second-order valence-electron chi connectivity index (χ2n) is 6.96. The van der Waals surface area contributed by atoms with Gasteiger partial charge in [0.05, 0.1) is 12.0 Å². The van der Waals surface area contributed by atoms with E-state index in [1.54, 1.807) is 44.1 Å². The SMILES string of the molecule is COc1cccc(N2C[C@H](NS(=O)(=O)c3c(C)cc(C)cc3C)CC2=O)c1. The molecule has 3 rings (SSSR count). The fraction of sp³-hybridized carbons (Fsp3) is 0.350. The number of nitrogens with one attached hydrogen (secondary N) is 1. The van der Waals surface area contributed by atoms with Crippen molar-refractivity contribution in [3.05, 3.63) is 53.1 Å². The highest BCUT2D eigenvalue weighted by Gasteiger charge is 2.34. The van der Waals surface area contributed by atoms with Gasteiger partial charge in [-0.2, -0.15) is 0 Å². The van der Waals surface area contributed by atoms with Gasteiger partial charge in [-0.1, -0.05) is 23.8 Å². The second-order valence-corrected chi connectivity index (χ2v) is 8.61. The third-order valence-corrected chi connectivity index (χ3v) is 6.51. The van der Waals surface area contributed by atoms with Crippen molar-refractivity contribution >= 4 is 21.6 Å². The molecule has 0 aliphatic carbocycles. The summed E-state index contributed by atoms with van der Waals surface area (Å²) in [6.45, 7) is 5.80. The zero-order valence-corrected chi connectivity index (χ0v) is 16.8. The molecule has 1 aliphatic rings. The third kappa shape index (κ3) is 3.99. The van der Waals surface area contributed by atoms with Gasteiger partial charge in [0.25, 0.3) is 0 Å². The summed E-state index contributed by atoms with van der Waals surface area (Å²) < 4.78 is 33.8. The molecule has 0 aromatic heterocycles. The lowest BCUT2D eigenvalue weighted by Gasteiger charge is -2.19. The predicted octanol–water partition coefficient (Wildman–Crippen LogP) is 2.70. The van der Waals surface area contributed by atoms with Crippen LogP contribution >= 0.6 is 0 Å². The number of carbonyl (C=O) groups is 1. The van der Waals surface area contributed by atoms with Gasteiger partial charge < -0.3 is 9.64 Å². The zero-order valence-electron chi connectivity index (χ0n) is 15.9. The molecule has 7 heteroatoms. The quantitative estimate of drug-likeness (QED) is 0.855. The Morgan fingerprint density at radius 3 is 2.41 bits per heavy atom. The van der Waals surface area contributed by atoms with Crippen LogP contribution in [-0.4, -0.2) is 34.0 Å². The Labute approximate surface area is 160 Å². The molecule has 0 unspecified atom stereocenters. The number of rotatable bonds is 5. The van der Waals surface area contributed by atoms with Crippen molar-refractivity contribution in [1.29, 1.82) is 0 Å². The molecular weight excluding hydrogens is 364 g/mol. The Balaban J connectivity index is 1.82. The van der Waals surface area contributed by atoms with Crippen LogP contribution < -0.4 is 14.4 Å². The van der Waals surface area contributed by atoms with E-state index in [2.05, 4.69) is 4.72 Å².